The zero-order valence-corrected chi connectivity index (χ0v) is 10.3. The Balaban J connectivity index is 2.30. The summed E-state index contributed by atoms with van der Waals surface area (Å²) in [7, 11) is -4.12. The molecule has 0 radical (unpaired) electrons. The molecule has 0 aromatic rings. The third-order valence-electron chi connectivity index (χ3n) is 2.56. The maximum atomic E-state index is 10.6. The van der Waals surface area contributed by atoms with Gasteiger partial charge in [-0.1, -0.05) is 0 Å². The summed E-state index contributed by atoms with van der Waals surface area (Å²) in [5.74, 6) is -0.635. The molecule has 0 aromatic carbocycles. The largest absolute Gasteiger partial charge is 0.514 e. The Morgan fingerprint density at radius 1 is 1.24 bits per heavy atom. The Hall–Kier alpha value is -0.830. The minimum absolute atomic E-state index is 0.219. The van der Waals surface area contributed by atoms with E-state index in [0.29, 0.717) is 26.2 Å². The highest BCUT2D eigenvalue weighted by molar-refractivity contribution is 7.85. The summed E-state index contributed by atoms with van der Waals surface area (Å²) in [5, 5.41) is 18.0. The first-order chi connectivity index (χ1) is 7.90. The fourth-order valence-corrected chi connectivity index (χ4v) is 2.37. The molecule has 100 valence electrons. The highest BCUT2D eigenvalue weighted by Gasteiger charge is 2.20. The van der Waals surface area contributed by atoms with Crippen LogP contribution in [0.5, 0.6) is 0 Å². The minimum Gasteiger partial charge on any atom is -0.514 e. The highest BCUT2D eigenvalue weighted by Crippen LogP contribution is 2.04. The molecule has 8 heteroatoms. The first-order valence-corrected chi connectivity index (χ1v) is 6.92. The average Bonchev–Trinajstić information content (AvgIpc) is 2.18. The maximum absolute atomic E-state index is 10.6. The van der Waals surface area contributed by atoms with Crippen molar-refractivity contribution in [1.82, 2.24) is 9.80 Å². The van der Waals surface area contributed by atoms with Crippen LogP contribution in [0.1, 0.15) is 0 Å². The normalized spacial score (nSPS) is 20.9. The molecule has 0 saturated carbocycles. The highest BCUT2D eigenvalue weighted by atomic mass is 32.2. The van der Waals surface area contributed by atoms with Crippen molar-refractivity contribution in [3.63, 3.8) is 0 Å². The Morgan fingerprint density at radius 3 is 2.29 bits per heavy atom. The molecule has 17 heavy (non-hydrogen) atoms. The summed E-state index contributed by atoms with van der Waals surface area (Å²) in [6, 6.07) is 0. The number of rotatable bonds is 5. The number of aliphatic hydroxyl groups is 2. The quantitative estimate of drug-likeness (QED) is 0.428. The number of piperazine rings is 1. The van der Waals surface area contributed by atoms with Crippen LogP contribution in [0.3, 0.4) is 0 Å². The Bertz CT molecular complexity index is 348. The van der Waals surface area contributed by atoms with Crippen molar-refractivity contribution in [2.24, 2.45) is 0 Å². The van der Waals surface area contributed by atoms with Gasteiger partial charge in [0.05, 0.1) is 12.4 Å². The lowest BCUT2D eigenvalue weighted by atomic mass is 10.3. The second-order valence-corrected chi connectivity index (χ2v) is 5.53. The van der Waals surface area contributed by atoms with Crippen molar-refractivity contribution in [2.45, 2.75) is 6.10 Å². The van der Waals surface area contributed by atoms with Gasteiger partial charge in [-0.25, -0.2) is 0 Å². The van der Waals surface area contributed by atoms with Crippen molar-refractivity contribution in [3.8, 4) is 0 Å². The van der Waals surface area contributed by atoms with Gasteiger partial charge in [0.1, 0.15) is 5.75 Å². The van der Waals surface area contributed by atoms with Crippen LogP contribution >= 0.6 is 0 Å². The van der Waals surface area contributed by atoms with Crippen LogP contribution in [0.25, 0.3) is 0 Å². The topological polar surface area (TPSA) is 101 Å². The number of hydrogen-bond acceptors (Lipinski definition) is 6. The summed E-state index contributed by atoms with van der Waals surface area (Å²) in [6.07, 6.45) is 1.47. The second kappa shape index (κ2) is 6.20. The van der Waals surface area contributed by atoms with E-state index in [4.69, 9.17) is 9.66 Å². The fourth-order valence-electron chi connectivity index (χ4n) is 1.78. The molecule has 0 bridgehead atoms. The first-order valence-electron chi connectivity index (χ1n) is 5.31. The molecule has 1 unspecified atom stereocenters. The molecule has 1 aliphatic heterocycles. The number of β-amino-alcohol motifs (C(OH)–C–C–N with tert-alkyl or cyclic N) is 1. The van der Waals surface area contributed by atoms with Gasteiger partial charge >= 0.3 is 0 Å². The van der Waals surface area contributed by atoms with Gasteiger partial charge < -0.3 is 15.1 Å². The van der Waals surface area contributed by atoms with E-state index in [2.05, 4.69) is 0 Å². The van der Waals surface area contributed by atoms with Crippen molar-refractivity contribution in [1.29, 1.82) is 0 Å². The zero-order valence-electron chi connectivity index (χ0n) is 9.44. The van der Waals surface area contributed by atoms with Gasteiger partial charge in [-0.2, -0.15) is 8.42 Å². The molecule has 1 atom stereocenters. The fraction of sp³-hybridized carbons (Fsp3) is 0.778. The van der Waals surface area contributed by atoms with E-state index in [1.807, 2.05) is 9.80 Å². The van der Waals surface area contributed by atoms with E-state index >= 15 is 0 Å². The molecule has 0 aromatic heterocycles. The lowest BCUT2D eigenvalue weighted by Crippen LogP contribution is -2.47. The summed E-state index contributed by atoms with van der Waals surface area (Å²) in [4.78, 5) is 3.84. The molecule has 1 heterocycles. The van der Waals surface area contributed by atoms with Gasteiger partial charge in [0, 0.05) is 38.9 Å². The summed E-state index contributed by atoms with van der Waals surface area (Å²) < 4.78 is 29.7. The van der Waals surface area contributed by atoms with Crippen LogP contribution in [-0.4, -0.2) is 77.6 Å². The van der Waals surface area contributed by atoms with E-state index in [0.717, 1.165) is 6.26 Å². The van der Waals surface area contributed by atoms with E-state index < -0.39 is 22.0 Å². The summed E-state index contributed by atoms with van der Waals surface area (Å²) >= 11 is 0. The minimum atomic E-state index is -4.12. The standard InChI is InChI=1S/C9H18N2O5S/c12-6-5-10-1-3-11(4-2-10)7-9(13)8-17(14,15)16/h5-6,9,12-13H,1-4,7-8H2,(H,14,15,16). The molecule has 1 aliphatic rings. The van der Waals surface area contributed by atoms with Crippen molar-refractivity contribution >= 4 is 10.1 Å². The third kappa shape index (κ3) is 5.87. The number of hydrogen-bond donors (Lipinski definition) is 3. The van der Waals surface area contributed by atoms with E-state index in [9.17, 15) is 13.5 Å². The lowest BCUT2D eigenvalue weighted by molar-refractivity contribution is 0.0956. The number of aliphatic hydroxyl groups excluding tert-OH is 2. The van der Waals surface area contributed by atoms with Crippen molar-refractivity contribution in [2.75, 3.05) is 38.5 Å². The molecule has 0 spiro atoms. The first kappa shape index (κ1) is 14.2. The monoisotopic (exact) mass is 266 g/mol. The van der Waals surface area contributed by atoms with Crippen LogP contribution in [-0.2, 0) is 10.1 Å². The van der Waals surface area contributed by atoms with Crippen LogP contribution in [0, 0.1) is 0 Å². The summed E-state index contributed by atoms with van der Waals surface area (Å²) in [6.45, 7) is 2.97. The molecular formula is C9H18N2O5S. The molecular weight excluding hydrogens is 248 g/mol. The SMILES string of the molecule is O=S(=O)(O)CC(O)CN1CCN(C=CO)CC1. The van der Waals surface area contributed by atoms with Gasteiger partial charge in [0.15, 0.2) is 0 Å². The average molecular weight is 266 g/mol. The Kier molecular flexibility index (Phi) is 5.19. The van der Waals surface area contributed by atoms with Crippen LogP contribution < -0.4 is 0 Å². The van der Waals surface area contributed by atoms with Crippen LogP contribution in [0.2, 0.25) is 0 Å². The van der Waals surface area contributed by atoms with E-state index in [-0.39, 0.29) is 6.54 Å². The van der Waals surface area contributed by atoms with Gasteiger partial charge in [-0.3, -0.25) is 9.45 Å². The lowest BCUT2D eigenvalue weighted by Gasteiger charge is -2.34. The second-order valence-electron chi connectivity index (χ2n) is 4.04. The molecule has 1 saturated heterocycles. The zero-order chi connectivity index (χ0) is 12.9. The predicted molar refractivity (Wildman–Crippen MR) is 62.2 cm³/mol. The molecule has 1 fully saturated rings. The van der Waals surface area contributed by atoms with Crippen molar-refractivity contribution < 1.29 is 23.2 Å². The van der Waals surface area contributed by atoms with Crippen LogP contribution in [0.4, 0.5) is 0 Å². The predicted octanol–water partition coefficient (Wildman–Crippen LogP) is -1.12. The Labute approximate surface area is 101 Å². The summed E-state index contributed by atoms with van der Waals surface area (Å²) in [5.41, 5.74) is 0. The molecule has 1 rings (SSSR count). The molecule has 0 amide bonds. The Morgan fingerprint density at radius 2 is 1.82 bits per heavy atom. The molecule has 0 aliphatic carbocycles. The smallest absolute Gasteiger partial charge is 0.267 e. The number of nitrogens with zero attached hydrogens (tertiary/aromatic N) is 2. The van der Waals surface area contributed by atoms with Gasteiger partial charge in [0.25, 0.3) is 10.1 Å². The van der Waals surface area contributed by atoms with Crippen molar-refractivity contribution in [3.05, 3.63) is 12.5 Å². The van der Waals surface area contributed by atoms with Crippen LogP contribution in [0.15, 0.2) is 12.5 Å². The maximum Gasteiger partial charge on any atom is 0.267 e. The van der Waals surface area contributed by atoms with E-state index in [1.165, 1.54) is 0 Å². The van der Waals surface area contributed by atoms with Gasteiger partial charge in [-0.15, -0.1) is 0 Å². The third-order valence-corrected chi connectivity index (χ3v) is 3.36. The molecule has 7 nitrogen and oxygen atoms in total. The van der Waals surface area contributed by atoms with Gasteiger partial charge in [0.2, 0.25) is 0 Å². The van der Waals surface area contributed by atoms with E-state index in [1.54, 1.807) is 6.20 Å². The molecule has 3 N–H and O–H groups in total. The van der Waals surface area contributed by atoms with Gasteiger partial charge in [-0.05, 0) is 0 Å².